The Morgan fingerprint density at radius 3 is 2.44 bits per heavy atom. The van der Waals surface area contributed by atoms with E-state index in [9.17, 15) is 18.2 Å². The Kier molecular flexibility index (Phi) is 6.28. The molecule has 0 saturated carbocycles. The van der Waals surface area contributed by atoms with E-state index < -0.39 is 16.6 Å². The summed E-state index contributed by atoms with van der Waals surface area (Å²) in [6, 6.07) is 7.48. The van der Waals surface area contributed by atoms with Gasteiger partial charge in [0.2, 0.25) is 5.91 Å². The number of amides is 2. The Labute approximate surface area is 163 Å². The van der Waals surface area contributed by atoms with E-state index in [0.717, 1.165) is 0 Å². The number of hydrogen-bond donors (Lipinski definition) is 0. The lowest BCUT2D eigenvalue weighted by Gasteiger charge is -2.34. The molecule has 1 aliphatic rings. The summed E-state index contributed by atoms with van der Waals surface area (Å²) in [6.07, 6.45) is 1.43. The minimum Gasteiger partial charge on any atom is -0.459 e. The maximum atomic E-state index is 13.8. The Hall–Kier alpha value is -2.19. The number of halogens is 2. The Morgan fingerprint density at radius 2 is 1.81 bits per heavy atom. The number of carbonyl (C=O) groups is 2. The average Bonchev–Trinajstić information content (AvgIpc) is 3.19. The van der Waals surface area contributed by atoms with Crippen LogP contribution in [0.4, 0.5) is 4.39 Å². The van der Waals surface area contributed by atoms with E-state index in [-0.39, 0.29) is 39.7 Å². The molecule has 0 N–H and O–H groups in total. The lowest BCUT2D eigenvalue weighted by Crippen LogP contribution is -2.51. The number of carbonyl (C=O) groups excluding carboxylic acids is 2. The van der Waals surface area contributed by atoms with Gasteiger partial charge in [-0.25, -0.2) is 4.39 Å². The molecule has 0 unspecified atom stereocenters. The Bertz CT molecular complexity index is 831. The summed E-state index contributed by atoms with van der Waals surface area (Å²) in [5.41, 5.74) is 0.152. The summed E-state index contributed by atoms with van der Waals surface area (Å²) >= 11 is 5.93. The van der Waals surface area contributed by atoms with Crippen LogP contribution in [0, 0.1) is 5.82 Å². The summed E-state index contributed by atoms with van der Waals surface area (Å²) in [4.78, 5) is 27.7. The molecular weight excluding hydrogens is 395 g/mol. The van der Waals surface area contributed by atoms with Crippen molar-refractivity contribution >= 4 is 34.2 Å². The van der Waals surface area contributed by atoms with Gasteiger partial charge in [0.1, 0.15) is 11.6 Å². The van der Waals surface area contributed by atoms with Crippen molar-refractivity contribution in [3.8, 4) is 0 Å². The van der Waals surface area contributed by atoms with Crippen LogP contribution in [-0.4, -0.2) is 57.8 Å². The second kappa shape index (κ2) is 8.67. The first-order chi connectivity index (χ1) is 13.0. The molecule has 0 aliphatic carbocycles. The van der Waals surface area contributed by atoms with Gasteiger partial charge in [0.05, 0.1) is 12.0 Å². The fourth-order valence-corrected chi connectivity index (χ4v) is 4.31. The normalized spacial score (nSPS) is 15.6. The minimum atomic E-state index is -1.58. The van der Waals surface area contributed by atoms with Crippen LogP contribution in [0.15, 0.2) is 41.0 Å². The topological polar surface area (TPSA) is 70.8 Å². The van der Waals surface area contributed by atoms with Gasteiger partial charge in [-0.3, -0.25) is 13.8 Å². The molecule has 9 heteroatoms. The van der Waals surface area contributed by atoms with Crippen LogP contribution in [0.2, 0.25) is 5.02 Å². The molecule has 6 nitrogen and oxygen atoms in total. The van der Waals surface area contributed by atoms with Crippen LogP contribution < -0.4 is 0 Å². The first kappa shape index (κ1) is 19.6. The Morgan fingerprint density at radius 1 is 1.11 bits per heavy atom. The largest absolute Gasteiger partial charge is 0.459 e. The zero-order valence-electron chi connectivity index (χ0n) is 14.4. The molecule has 144 valence electrons. The smallest absolute Gasteiger partial charge is 0.289 e. The van der Waals surface area contributed by atoms with Gasteiger partial charge in [0.15, 0.2) is 5.76 Å². The van der Waals surface area contributed by atoms with E-state index in [4.69, 9.17) is 16.0 Å². The van der Waals surface area contributed by atoms with Gasteiger partial charge in [-0.15, -0.1) is 0 Å². The van der Waals surface area contributed by atoms with Crippen molar-refractivity contribution in [2.45, 2.75) is 5.75 Å². The molecule has 2 aromatic rings. The number of nitrogens with zero attached hydrogens (tertiary/aromatic N) is 2. The average molecular weight is 413 g/mol. The highest BCUT2D eigenvalue weighted by Crippen LogP contribution is 2.20. The standard InChI is InChI=1S/C18H18ClFN2O4S/c19-14-3-1-4-15(20)13(14)11-27(25)12-17(23)21-6-8-22(9-7-21)18(24)16-5-2-10-26-16/h1-5,10H,6-9,11-12H2/t27-/m0/s1. The van der Waals surface area contributed by atoms with Crippen molar-refractivity contribution in [2.75, 3.05) is 31.9 Å². The van der Waals surface area contributed by atoms with Crippen LogP contribution >= 0.6 is 11.6 Å². The third-order valence-corrected chi connectivity index (χ3v) is 5.84. The van der Waals surface area contributed by atoms with Gasteiger partial charge in [-0.05, 0) is 24.3 Å². The van der Waals surface area contributed by atoms with Gasteiger partial charge < -0.3 is 14.2 Å². The quantitative estimate of drug-likeness (QED) is 0.755. The predicted molar refractivity (Wildman–Crippen MR) is 99.3 cm³/mol. The van der Waals surface area contributed by atoms with Gasteiger partial charge in [0.25, 0.3) is 5.91 Å². The third-order valence-electron chi connectivity index (χ3n) is 4.30. The maximum Gasteiger partial charge on any atom is 0.289 e. The van der Waals surface area contributed by atoms with Crippen LogP contribution in [0.1, 0.15) is 16.1 Å². The van der Waals surface area contributed by atoms with Crippen molar-refractivity contribution in [3.05, 3.63) is 58.8 Å². The lowest BCUT2D eigenvalue weighted by molar-refractivity contribution is -0.129. The molecule has 1 aromatic carbocycles. The zero-order chi connectivity index (χ0) is 19.4. The van der Waals surface area contributed by atoms with E-state index in [2.05, 4.69) is 0 Å². The monoisotopic (exact) mass is 412 g/mol. The van der Waals surface area contributed by atoms with Crippen LogP contribution in [0.5, 0.6) is 0 Å². The van der Waals surface area contributed by atoms with E-state index in [0.29, 0.717) is 26.2 Å². The van der Waals surface area contributed by atoms with Crippen LogP contribution in [0.3, 0.4) is 0 Å². The number of hydrogen-bond acceptors (Lipinski definition) is 4. The highest BCUT2D eigenvalue weighted by atomic mass is 35.5. The van der Waals surface area contributed by atoms with Gasteiger partial charge in [0, 0.05) is 47.6 Å². The first-order valence-electron chi connectivity index (χ1n) is 8.34. The highest BCUT2D eigenvalue weighted by Gasteiger charge is 2.27. The molecule has 1 fully saturated rings. The van der Waals surface area contributed by atoms with E-state index in [1.54, 1.807) is 21.9 Å². The number of furan rings is 1. The fourth-order valence-electron chi connectivity index (χ4n) is 2.83. The molecule has 3 rings (SSSR count). The number of rotatable bonds is 5. The van der Waals surface area contributed by atoms with Crippen molar-refractivity contribution in [3.63, 3.8) is 0 Å². The molecule has 0 radical (unpaired) electrons. The molecule has 1 aliphatic heterocycles. The van der Waals surface area contributed by atoms with Crippen LogP contribution in [0.25, 0.3) is 0 Å². The van der Waals surface area contributed by atoms with Crippen molar-refractivity contribution in [1.82, 2.24) is 9.80 Å². The minimum absolute atomic E-state index is 0.117. The summed E-state index contributed by atoms with van der Waals surface area (Å²) in [6.45, 7) is 1.44. The summed E-state index contributed by atoms with van der Waals surface area (Å²) in [5, 5.41) is 0.195. The molecule has 2 amide bonds. The number of piperazine rings is 1. The Balaban J connectivity index is 1.51. The molecule has 0 spiro atoms. The van der Waals surface area contributed by atoms with Crippen molar-refractivity contribution in [2.24, 2.45) is 0 Å². The summed E-state index contributed by atoms with van der Waals surface area (Å²) in [5.74, 6) is -1.10. The predicted octanol–water partition coefficient (Wildman–Crippen LogP) is 2.31. The van der Waals surface area contributed by atoms with E-state index in [1.807, 2.05) is 0 Å². The highest BCUT2D eigenvalue weighted by molar-refractivity contribution is 7.84. The summed E-state index contributed by atoms with van der Waals surface area (Å²) in [7, 11) is -1.58. The molecule has 0 bridgehead atoms. The maximum absolute atomic E-state index is 13.8. The zero-order valence-corrected chi connectivity index (χ0v) is 16.0. The van der Waals surface area contributed by atoms with Gasteiger partial charge in [-0.1, -0.05) is 17.7 Å². The first-order valence-corrected chi connectivity index (χ1v) is 10.2. The van der Waals surface area contributed by atoms with Gasteiger partial charge >= 0.3 is 0 Å². The van der Waals surface area contributed by atoms with Crippen molar-refractivity contribution < 1.29 is 22.6 Å². The lowest BCUT2D eigenvalue weighted by atomic mass is 10.2. The summed E-state index contributed by atoms with van der Waals surface area (Å²) < 4.78 is 31.1. The fraction of sp³-hybridized carbons (Fsp3) is 0.333. The van der Waals surface area contributed by atoms with Crippen LogP contribution in [-0.2, 0) is 21.3 Å². The number of benzene rings is 1. The second-order valence-electron chi connectivity index (χ2n) is 6.08. The second-order valence-corrected chi connectivity index (χ2v) is 7.94. The molecule has 1 atom stereocenters. The van der Waals surface area contributed by atoms with Gasteiger partial charge in [-0.2, -0.15) is 0 Å². The van der Waals surface area contributed by atoms with Crippen molar-refractivity contribution in [1.29, 1.82) is 0 Å². The molecule has 27 heavy (non-hydrogen) atoms. The molecule has 2 heterocycles. The molecule has 1 aromatic heterocycles. The molecular formula is C18H18ClFN2O4S. The third kappa shape index (κ3) is 4.75. The molecule has 1 saturated heterocycles. The van der Waals surface area contributed by atoms with E-state index >= 15 is 0 Å². The SMILES string of the molecule is O=C(C[S@@](=O)Cc1c(F)cccc1Cl)N1CCN(C(=O)c2ccco2)CC1. The van der Waals surface area contributed by atoms with E-state index in [1.165, 1.54) is 24.5 Å².